The van der Waals surface area contributed by atoms with Crippen LogP contribution in [0.3, 0.4) is 0 Å². The van der Waals surface area contributed by atoms with Crippen molar-refractivity contribution in [2.24, 2.45) is 5.73 Å². The highest BCUT2D eigenvalue weighted by atomic mass is 15.2. The van der Waals surface area contributed by atoms with Gasteiger partial charge in [0, 0.05) is 16.5 Å². The molecule has 0 unspecified atom stereocenters. The molecule has 4 heteroatoms. The minimum atomic E-state index is 0.00454. The van der Waals surface area contributed by atoms with E-state index in [-0.39, 0.29) is 5.96 Å². The molecule has 0 atom stereocenters. The summed E-state index contributed by atoms with van der Waals surface area (Å²) in [7, 11) is 0. The van der Waals surface area contributed by atoms with Crippen LogP contribution >= 0.6 is 0 Å². The normalized spacial score (nSPS) is 12.6. The molecule has 0 amide bonds. The van der Waals surface area contributed by atoms with E-state index in [0.717, 1.165) is 40.7 Å². The Morgan fingerprint density at radius 3 is 2.41 bits per heavy atom. The maximum absolute atomic E-state index is 8.32. The van der Waals surface area contributed by atoms with E-state index in [0.29, 0.717) is 0 Å². The van der Waals surface area contributed by atoms with Crippen LogP contribution in [0.25, 0.3) is 21.5 Å². The van der Waals surface area contributed by atoms with Crippen LogP contribution in [-0.2, 0) is 12.8 Å². The Hall–Kier alpha value is -3.53. The molecule has 132 valence electrons. The first-order valence-corrected chi connectivity index (χ1v) is 9.10. The van der Waals surface area contributed by atoms with Crippen LogP contribution in [0.1, 0.15) is 11.1 Å². The summed E-state index contributed by atoms with van der Waals surface area (Å²) in [6.45, 7) is 0. The first kappa shape index (κ1) is 15.7. The van der Waals surface area contributed by atoms with Crippen molar-refractivity contribution >= 4 is 44.6 Å². The molecule has 1 aliphatic rings. The highest BCUT2D eigenvalue weighted by molar-refractivity contribution is 6.12. The highest BCUT2D eigenvalue weighted by Crippen LogP contribution is 2.41. The number of nitrogen functional groups attached to an aromatic ring is 1. The lowest BCUT2D eigenvalue weighted by Gasteiger charge is -2.27. The van der Waals surface area contributed by atoms with Gasteiger partial charge in [0.05, 0.1) is 11.4 Å². The standard InChI is InChI=1S/C23H20N4/c24-19-11-13-20(17-7-2-1-6-16(17)19)27(23(25)26)21-12-9-15-5-3-4-14-8-10-18(21)22(14)15/h1-7,9,11-13H,8,10,24H2,(H3,25,26). The number of guanidine groups is 1. The fraction of sp³-hybridized carbons (Fsp3) is 0.0870. The lowest BCUT2D eigenvalue weighted by atomic mass is 10.0. The Kier molecular flexibility index (Phi) is 3.34. The third kappa shape index (κ3) is 2.27. The van der Waals surface area contributed by atoms with Crippen molar-refractivity contribution in [3.05, 3.63) is 77.9 Å². The van der Waals surface area contributed by atoms with E-state index in [1.807, 2.05) is 41.3 Å². The number of nitrogens with one attached hydrogen (secondary N) is 1. The van der Waals surface area contributed by atoms with Crippen molar-refractivity contribution in [2.75, 3.05) is 10.6 Å². The molecular formula is C23H20N4. The molecule has 4 nitrogen and oxygen atoms in total. The maximum atomic E-state index is 8.32. The third-order valence-electron chi connectivity index (χ3n) is 5.52. The van der Waals surface area contributed by atoms with E-state index >= 15 is 0 Å². The number of hydrogen-bond acceptors (Lipinski definition) is 2. The Bertz CT molecular complexity index is 1230. The average Bonchev–Trinajstić information content (AvgIpc) is 3.11. The molecule has 0 saturated carbocycles. The second-order valence-electron chi connectivity index (χ2n) is 7.02. The van der Waals surface area contributed by atoms with Crippen LogP contribution in [0.5, 0.6) is 0 Å². The zero-order valence-corrected chi connectivity index (χ0v) is 14.9. The van der Waals surface area contributed by atoms with Crippen molar-refractivity contribution in [1.29, 1.82) is 5.41 Å². The molecule has 0 radical (unpaired) electrons. The molecule has 4 aromatic carbocycles. The van der Waals surface area contributed by atoms with E-state index in [2.05, 4.69) is 30.3 Å². The average molecular weight is 352 g/mol. The van der Waals surface area contributed by atoms with Crippen LogP contribution in [0.2, 0.25) is 0 Å². The van der Waals surface area contributed by atoms with Gasteiger partial charge in [-0.2, -0.15) is 0 Å². The van der Waals surface area contributed by atoms with E-state index in [1.165, 1.54) is 21.9 Å². The van der Waals surface area contributed by atoms with Gasteiger partial charge < -0.3 is 11.5 Å². The van der Waals surface area contributed by atoms with Gasteiger partial charge in [-0.05, 0) is 52.9 Å². The zero-order chi connectivity index (χ0) is 18.5. The fourth-order valence-electron chi connectivity index (χ4n) is 4.35. The summed E-state index contributed by atoms with van der Waals surface area (Å²) in [5, 5.41) is 12.8. The van der Waals surface area contributed by atoms with Crippen molar-refractivity contribution < 1.29 is 0 Å². The van der Waals surface area contributed by atoms with Crippen molar-refractivity contribution in [3.63, 3.8) is 0 Å². The SMILES string of the molecule is N=C(N)N(c1ccc2cccc3c2c1CC3)c1ccc(N)c2ccccc12. The maximum Gasteiger partial charge on any atom is 0.197 e. The summed E-state index contributed by atoms with van der Waals surface area (Å²) in [6, 6.07) is 22.5. The molecule has 0 aromatic heterocycles. The Morgan fingerprint density at radius 1 is 0.815 bits per heavy atom. The van der Waals surface area contributed by atoms with Crippen LogP contribution in [0.4, 0.5) is 17.1 Å². The van der Waals surface area contributed by atoms with Crippen LogP contribution in [-0.4, -0.2) is 5.96 Å². The van der Waals surface area contributed by atoms with Gasteiger partial charge in [-0.25, -0.2) is 0 Å². The Balaban J connectivity index is 1.80. The van der Waals surface area contributed by atoms with Crippen molar-refractivity contribution in [2.45, 2.75) is 12.8 Å². The molecule has 1 aliphatic carbocycles. The number of aryl methyl sites for hydroxylation is 2. The number of nitrogens with zero attached hydrogens (tertiary/aromatic N) is 1. The van der Waals surface area contributed by atoms with E-state index in [9.17, 15) is 0 Å². The second kappa shape index (κ2) is 5.74. The van der Waals surface area contributed by atoms with Gasteiger partial charge in [0.2, 0.25) is 0 Å². The minimum Gasteiger partial charge on any atom is -0.398 e. The van der Waals surface area contributed by atoms with Gasteiger partial charge >= 0.3 is 0 Å². The summed E-state index contributed by atoms with van der Waals surface area (Å²) in [5.41, 5.74) is 17.5. The van der Waals surface area contributed by atoms with Gasteiger partial charge in [-0.15, -0.1) is 0 Å². The highest BCUT2D eigenvalue weighted by Gasteiger charge is 2.24. The van der Waals surface area contributed by atoms with Crippen LogP contribution in [0.15, 0.2) is 66.7 Å². The molecule has 5 N–H and O–H groups in total. The quantitative estimate of drug-likeness (QED) is 0.278. The molecule has 0 saturated heterocycles. The smallest absolute Gasteiger partial charge is 0.197 e. The largest absolute Gasteiger partial charge is 0.398 e. The summed E-state index contributed by atoms with van der Waals surface area (Å²) in [4.78, 5) is 1.85. The minimum absolute atomic E-state index is 0.00454. The van der Waals surface area contributed by atoms with Gasteiger partial charge in [0.15, 0.2) is 5.96 Å². The predicted octanol–water partition coefficient (Wildman–Crippen LogP) is 4.71. The van der Waals surface area contributed by atoms with Crippen molar-refractivity contribution in [3.8, 4) is 0 Å². The molecule has 0 bridgehead atoms. The first-order valence-electron chi connectivity index (χ1n) is 9.10. The molecule has 5 rings (SSSR count). The summed E-state index contributed by atoms with van der Waals surface area (Å²) in [6.07, 6.45) is 1.99. The van der Waals surface area contributed by atoms with Crippen LogP contribution < -0.4 is 16.4 Å². The number of hydrogen-bond donors (Lipinski definition) is 3. The second-order valence-corrected chi connectivity index (χ2v) is 7.02. The number of benzene rings is 4. The molecular weight excluding hydrogens is 332 g/mol. The van der Waals surface area contributed by atoms with Crippen molar-refractivity contribution in [1.82, 2.24) is 0 Å². The zero-order valence-electron chi connectivity index (χ0n) is 14.9. The lowest BCUT2D eigenvalue weighted by Crippen LogP contribution is -2.33. The molecule has 0 heterocycles. The first-order chi connectivity index (χ1) is 13.1. The molecule has 0 aliphatic heterocycles. The topological polar surface area (TPSA) is 79.1 Å². The van der Waals surface area contributed by atoms with Gasteiger partial charge in [0.1, 0.15) is 0 Å². The van der Waals surface area contributed by atoms with E-state index in [4.69, 9.17) is 16.9 Å². The fourth-order valence-corrected chi connectivity index (χ4v) is 4.35. The van der Waals surface area contributed by atoms with Gasteiger partial charge in [-0.3, -0.25) is 10.3 Å². The monoisotopic (exact) mass is 352 g/mol. The molecule has 4 aromatic rings. The number of fused-ring (bicyclic) bond motifs is 1. The number of nitrogens with two attached hydrogens (primary N) is 2. The van der Waals surface area contributed by atoms with E-state index < -0.39 is 0 Å². The van der Waals surface area contributed by atoms with E-state index in [1.54, 1.807) is 0 Å². The lowest BCUT2D eigenvalue weighted by molar-refractivity contribution is 1.02. The molecule has 27 heavy (non-hydrogen) atoms. The molecule has 0 fully saturated rings. The summed E-state index contributed by atoms with van der Waals surface area (Å²) >= 11 is 0. The molecule has 0 spiro atoms. The summed E-state index contributed by atoms with van der Waals surface area (Å²) in [5.74, 6) is 0.00454. The van der Waals surface area contributed by atoms with Gasteiger partial charge in [-0.1, -0.05) is 48.5 Å². The van der Waals surface area contributed by atoms with Gasteiger partial charge in [0.25, 0.3) is 0 Å². The Labute approximate surface area is 157 Å². The summed E-state index contributed by atoms with van der Waals surface area (Å²) < 4.78 is 0. The third-order valence-corrected chi connectivity index (χ3v) is 5.52. The predicted molar refractivity (Wildman–Crippen MR) is 114 cm³/mol. The van der Waals surface area contributed by atoms with Crippen LogP contribution in [0, 0.1) is 5.41 Å². The number of rotatable bonds is 2. The number of anilines is 3. The Morgan fingerprint density at radius 2 is 1.59 bits per heavy atom.